The van der Waals surface area contributed by atoms with Crippen molar-refractivity contribution in [1.82, 2.24) is 0 Å². The molecule has 0 spiro atoms. The standard InChI is InChI=1S/C16H22N2O4/c1-3-22-16(19)12-8-9-14(15(10-12)18(20)21)17-13-7-5-4-6-11(13)2/h8-11,13,17H,3-7H2,1-2H3/t11-,13+/m1/s1. The highest BCUT2D eigenvalue weighted by atomic mass is 16.6. The predicted molar refractivity (Wildman–Crippen MR) is 84.1 cm³/mol. The first kappa shape index (κ1) is 16.3. The van der Waals surface area contributed by atoms with E-state index in [1.165, 1.54) is 12.5 Å². The average Bonchev–Trinajstić information content (AvgIpc) is 2.50. The van der Waals surface area contributed by atoms with Crippen molar-refractivity contribution in [1.29, 1.82) is 0 Å². The Labute approximate surface area is 130 Å². The number of nitro benzene ring substituents is 1. The molecule has 6 heteroatoms. The molecule has 6 nitrogen and oxygen atoms in total. The van der Waals surface area contributed by atoms with E-state index in [1.54, 1.807) is 19.1 Å². The Bertz CT molecular complexity index is 559. The molecular formula is C16H22N2O4. The highest BCUT2D eigenvalue weighted by molar-refractivity contribution is 5.91. The van der Waals surface area contributed by atoms with Gasteiger partial charge in [0.2, 0.25) is 0 Å². The lowest BCUT2D eigenvalue weighted by molar-refractivity contribution is -0.384. The van der Waals surface area contributed by atoms with Gasteiger partial charge < -0.3 is 10.1 Å². The fourth-order valence-corrected chi connectivity index (χ4v) is 2.88. The first-order valence-corrected chi connectivity index (χ1v) is 7.75. The summed E-state index contributed by atoms with van der Waals surface area (Å²) in [6.07, 6.45) is 4.49. The molecule has 0 aromatic heterocycles. The van der Waals surface area contributed by atoms with E-state index in [0.717, 1.165) is 19.3 Å². The maximum absolute atomic E-state index is 11.7. The Balaban J connectivity index is 2.23. The Hall–Kier alpha value is -2.11. The number of benzene rings is 1. The number of nitrogens with zero attached hydrogens (tertiary/aromatic N) is 1. The summed E-state index contributed by atoms with van der Waals surface area (Å²) in [5.74, 6) is -0.0544. The number of esters is 1. The van der Waals surface area contributed by atoms with Crippen LogP contribution in [0.3, 0.4) is 0 Å². The van der Waals surface area contributed by atoms with Gasteiger partial charge in [0, 0.05) is 12.1 Å². The molecule has 2 atom stereocenters. The molecule has 1 aromatic rings. The molecule has 120 valence electrons. The summed E-state index contributed by atoms with van der Waals surface area (Å²) in [5, 5.41) is 14.6. The monoisotopic (exact) mass is 306 g/mol. The number of anilines is 1. The van der Waals surface area contributed by atoms with Crippen LogP contribution in [-0.2, 0) is 4.74 Å². The highest BCUT2D eigenvalue weighted by Crippen LogP contribution is 2.31. The van der Waals surface area contributed by atoms with Crippen LogP contribution in [-0.4, -0.2) is 23.5 Å². The van der Waals surface area contributed by atoms with Crippen LogP contribution in [0, 0.1) is 16.0 Å². The highest BCUT2D eigenvalue weighted by Gasteiger charge is 2.25. The molecule has 0 heterocycles. The largest absolute Gasteiger partial charge is 0.462 e. The SMILES string of the molecule is CCOC(=O)c1ccc(N[C@H]2CCCC[C@H]2C)c([N+](=O)[O-])c1. The van der Waals surface area contributed by atoms with Gasteiger partial charge in [-0.3, -0.25) is 10.1 Å². The van der Waals surface area contributed by atoms with E-state index in [-0.39, 0.29) is 23.9 Å². The van der Waals surface area contributed by atoms with Crippen molar-refractivity contribution in [2.45, 2.75) is 45.6 Å². The van der Waals surface area contributed by atoms with Crippen molar-refractivity contribution in [3.8, 4) is 0 Å². The molecule has 1 saturated carbocycles. The van der Waals surface area contributed by atoms with Gasteiger partial charge in [-0.1, -0.05) is 19.8 Å². The van der Waals surface area contributed by atoms with Gasteiger partial charge in [0.15, 0.2) is 0 Å². The zero-order valence-electron chi connectivity index (χ0n) is 13.0. The van der Waals surface area contributed by atoms with Gasteiger partial charge in [0.05, 0.1) is 17.1 Å². The minimum absolute atomic E-state index is 0.0803. The minimum atomic E-state index is -0.539. The Kier molecular flexibility index (Phi) is 5.35. The molecule has 0 radical (unpaired) electrons. The third-order valence-electron chi connectivity index (χ3n) is 4.16. The van der Waals surface area contributed by atoms with Gasteiger partial charge in [-0.2, -0.15) is 0 Å². The lowest BCUT2D eigenvalue weighted by Crippen LogP contribution is -2.30. The predicted octanol–water partition coefficient (Wildman–Crippen LogP) is 3.76. The Morgan fingerprint density at radius 2 is 2.14 bits per heavy atom. The van der Waals surface area contributed by atoms with Crippen molar-refractivity contribution in [2.75, 3.05) is 11.9 Å². The number of ether oxygens (including phenoxy) is 1. The fourth-order valence-electron chi connectivity index (χ4n) is 2.88. The van der Waals surface area contributed by atoms with Crippen LogP contribution in [0.2, 0.25) is 0 Å². The molecule has 0 unspecified atom stereocenters. The second kappa shape index (κ2) is 7.24. The van der Waals surface area contributed by atoms with Crippen molar-refractivity contribution in [2.24, 2.45) is 5.92 Å². The molecular weight excluding hydrogens is 284 g/mol. The molecule has 2 rings (SSSR count). The van der Waals surface area contributed by atoms with Crippen LogP contribution in [0.5, 0.6) is 0 Å². The van der Waals surface area contributed by atoms with E-state index < -0.39 is 10.9 Å². The zero-order valence-corrected chi connectivity index (χ0v) is 13.0. The second-order valence-electron chi connectivity index (χ2n) is 5.72. The second-order valence-corrected chi connectivity index (χ2v) is 5.72. The molecule has 0 aliphatic heterocycles. The molecule has 1 aliphatic rings. The third kappa shape index (κ3) is 3.75. The van der Waals surface area contributed by atoms with Gasteiger partial charge in [-0.25, -0.2) is 4.79 Å². The van der Waals surface area contributed by atoms with Crippen LogP contribution >= 0.6 is 0 Å². The van der Waals surface area contributed by atoms with Crippen LogP contribution in [0.25, 0.3) is 0 Å². The molecule has 22 heavy (non-hydrogen) atoms. The topological polar surface area (TPSA) is 81.5 Å². The van der Waals surface area contributed by atoms with Gasteiger partial charge in [0.25, 0.3) is 5.69 Å². The van der Waals surface area contributed by atoms with E-state index in [4.69, 9.17) is 4.74 Å². The van der Waals surface area contributed by atoms with Crippen molar-refractivity contribution in [3.63, 3.8) is 0 Å². The van der Waals surface area contributed by atoms with Gasteiger partial charge in [0.1, 0.15) is 5.69 Å². The number of nitrogens with one attached hydrogen (secondary N) is 1. The number of carbonyl (C=O) groups excluding carboxylic acids is 1. The van der Waals surface area contributed by atoms with Crippen LogP contribution in [0.1, 0.15) is 49.9 Å². The Morgan fingerprint density at radius 1 is 1.41 bits per heavy atom. The van der Waals surface area contributed by atoms with E-state index in [9.17, 15) is 14.9 Å². The fraction of sp³-hybridized carbons (Fsp3) is 0.562. The van der Waals surface area contributed by atoms with Gasteiger partial charge in [-0.15, -0.1) is 0 Å². The number of hydrogen-bond donors (Lipinski definition) is 1. The molecule has 0 saturated heterocycles. The number of rotatable bonds is 5. The summed E-state index contributed by atoms with van der Waals surface area (Å²) in [6.45, 7) is 4.11. The van der Waals surface area contributed by atoms with Crippen molar-refractivity contribution in [3.05, 3.63) is 33.9 Å². The van der Waals surface area contributed by atoms with Crippen LogP contribution < -0.4 is 5.32 Å². The quantitative estimate of drug-likeness (QED) is 0.509. The number of hydrogen-bond acceptors (Lipinski definition) is 5. The lowest BCUT2D eigenvalue weighted by atomic mass is 9.86. The van der Waals surface area contributed by atoms with E-state index >= 15 is 0 Å². The zero-order chi connectivity index (χ0) is 16.1. The molecule has 0 bridgehead atoms. The number of nitro groups is 1. The van der Waals surface area contributed by atoms with Crippen LogP contribution in [0.15, 0.2) is 18.2 Å². The Morgan fingerprint density at radius 3 is 2.77 bits per heavy atom. The smallest absolute Gasteiger partial charge is 0.338 e. The van der Waals surface area contributed by atoms with Crippen molar-refractivity contribution < 1.29 is 14.5 Å². The molecule has 1 N–H and O–H groups in total. The van der Waals surface area contributed by atoms with E-state index in [1.807, 2.05) is 0 Å². The van der Waals surface area contributed by atoms with E-state index in [2.05, 4.69) is 12.2 Å². The third-order valence-corrected chi connectivity index (χ3v) is 4.16. The molecule has 1 fully saturated rings. The van der Waals surface area contributed by atoms with Crippen molar-refractivity contribution >= 4 is 17.3 Å². The maximum atomic E-state index is 11.7. The summed E-state index contributed by atoms with van der Waals surface area (Å²) >= 11 is 0. The summed E-state index contributed by atoms with van der Waals surface area (Å²) in [6, 6.07) is 4.70. The normalized spacial score (nSPS) is 21.2. The first-order valence-electron chi connectivity index (χ1n) is 7.75. The number of carbonyl (C=O) groups is 1. The average molecular weight is 306 g/mol. The summed E-state index contributed by atoms with van der Waals surface area (Å²) in [4.78, 5) is 22.5. The minimum Gasteiger partial charge on any atom is -0.462 e. The molecule has 1 aromatic carbocycles. The van der Waals surface area contributed by atoms with Crippen LogP contribution in [0.4, 0.5) is 11.4 Å². The first-order chi connectivity index (χ1) is 10.5. The summed E-state index contributed by atoms with van der Waals surface area (Å²) in [7, 11) is 0. The summed E-state index contributed by atoms with van der Waals surface area (Å²) < 4.78 is 4.89. The van der Waals surface area contributed by atoms with Gasteiger partial charge in [-0.05, 0) is 37.8 Å². The molecule has 0 amide bonds. The lowest BCUT2D eigenvalue weighted by Gasteiger charge is -2.30. The maximum Gasteiger partial charge on any atom is 0.338 e. The summed E-state index contributed by atoms with van der Waals surface area (Å²) in [5.41, 5.74) is 0.593. The van der Waals surface area contributed by atoms with Gasteiger partial charge >= 0.3 is 5.97 Å². The molecule has 1 aliphatic carbocycles. The van der Waals surface area contributed by atoms with E-state index in [0.29, 0.717) is 11.6 Å².